The number of carbonyl (C=O) groups is 1. The molecule has 1 aliphatic carbocycles. The van der Waals surface area contributed by atoms with Gasteiger partial charge in [-0.2, -0.15) is 0 Å². The molecule has 0 aromatic heterocycles. The Balaban J connectivity index is 0.00000176. The predicted molar refractivity (Wildman–Crippen MR) is 92.5 cm³/mol. The van der Waals surface area contributed by atoms with Crippen LogP contribution in [0.3, 0.4) is 0 Å². The van der Waals surface area contributed by atoms with Crippen LogP contribution >= 0.6 is 24.0 Å². The SMILES string of the molecule is CC1(C)CN(C(=O)C2CC2c2ccccc2Cl)CCC1N.Cl. The molecule has 0 spiro atoms. The van der Waals surface area contributed by atoms with Gasteiger partial charge in [0, 0.05) is 30.1 Å². The van der Waals surface area contributed by atoms with E-state index in [1.54, 1.807) is 0 Å². The molecule has 3 unspecified atom stereocenters. The average molecular weight is 343 g/mol. The summed E-state index contributed by atoms with van der Waals surface area (Å²) < 4.78 is 0. The van der Waals surface area contributed by atoms with Crippen LogP contribution in [-0.2, 0) is 4.79 Å². The second-order valence-corrected chi connectivity index (χ2v) is 7.52. The average Bonchev–Trinajstić information content (AvgIpc) is 3.22. The van der Waals surface area contributed by atoms with Crippen molar-refractivity contribution in [1.29, 1.82) is 0 Å². The van der Waals surface area contributed by atoms with E-state index in [1.165, 1.54) is 0 Å². The molecule has 1 aromatic carbocycles. The lowest BCUT2D eigenvalue weighted by atomic mass is 9.79. The van der Waals surface area contributed by atoms with Gasteiger partial charge >= 0.3 is 0 Å². The summed E-state index contributed by atoms with van der Waals surface area (Å²) in [5.74, 6) is 0.680. The molecule has 1 aliphatic heterocycles. The van der Waals surface area contributed by atoms with Crippen molar-refractivity contribution in [2.75, 3.05) is 13.1 Å². The van der Waals surface area contributed by atoms with E-state index >= 15 is 0 Å². The van der Waals surface area contributed by atoms with E-state index in [4.69, 9.17) is 17.3 Å². The molecule has 1 saturated heterocycles. The van der Waals surface area contributed by atoms with E-state index in [9.17, 15) is 4.79 Å². The van der Waals surface area contributed by atoms with Crippen LogP contribution in [0.25, 0.3) is 0 Å². The minimum Gasteiger partial charge on any atom is -0.342 e. The molecule has 1 amide bonds. The first-order valence-corrected chi connectivity index (χ1v) is 8.07. The Labute approximate surface area is 143 Å². The Bertz CT molecular complexity index is 561. The Morgan fingerprint density at radius 3 is 2.68 bits per heavy atom. The van der Waals surface area contributed by atoms with Crippen molar-refractivity contribution in [3.05, 3.63) is 34.9 Å². The van der Waals surface area contributed by atoms with Crippen molar-refractivity contribution >= 4 is 29.9 Å². The van der Waals surface area contributed by atoms with Gasteiger partial charge < -0.3 is 10.6 Å². The summed E-state index contributed by atoms with van der Waals surface area (Å²) in [5.41, 5.74) is 7.27. The first-order chi connectivity index (χ1) is 9.90. The van der Waals surface area contributed by atoms with Crippen molar-refractivity contribution < 1.29 is 4.79 Å². The highest BCUT2D eigenvalue weighted by Crippen LogP contribution is 2.50. The number of halogens is 2. The molecule has 3 rings (SSSR count). The first-order valence-electron chi connectivity index (χ1n) is 7.69. The number of amides is 1. The van der Waals surface area contributed by atoms with Crippen molar-refractivity contribution in [3.63, 3.8) is 0 Å². The molecule has 2 aliphatic rings. The summed E-state index contributed by atoms with van der Waals surface area (Å²) in [6.07, 6.45) is 1.81. The van der Waals surface area contributed by atoms with Crippen LogP contribution in [0.5, 0.6) is 0 Å². The lowest BCUT2D eigenvalue weighted by Gasteiger charge is -2.42. The molecule has 3 atom stereocenters. The number of likely N-dealkylation sites (tertiary alicyclic amines) is 1. The van der Waals surface area contributed by atoms with E-state index in [0.29, 0.717) is 5.92 Å². The topological polar surface area (TPSA) is 46.3 Å². The minimum absolute atomic E-state index is 0. The number of hydrogen-bond donors (Lipinski definition) is 1. The van der Waals surface area contributed by atoms with Gasteiger partial charge in [-0.3, -0.25) is 4.79 Å². The summed E-state index contributed by atoms with van der Waals surface area (Å²) >= 11 is 6.24. The van der Waals surface area contributed by atoms with Gasteiger partial charge in [0.15, 0.2) is 0 Å². The third kappa shape index (κ3) is 3.27. The monoisotopic (exact) mass is 342 g/mol. The van der Waals surface area contributed by atoms with Crippen LogP contribution in [0.4, 0.5) is 0 Å². The Morgan fingerprint density at radius 2 is 2.05 bits per heavy atom. The molecular weight excluding hydrogens is 319 g/mol. The van der Waals surface area contributed by atoms with Gasteiger partial charge in [0.25, 0.3) is 0 Å². The number of carbonyl (C=O) groups excluding carboxylic acids is 1. The maximum absolute atomic E-state index is 12.7. The van der Waals surface area contributed by atoms with Crippen LogP contribution in [0.2, 0.25) is 5.02 Å². The molecule has 2 N–H and O–H groups in total. The molecule has 1 heterocycles. The molecule has 3 nitrogen and oxygen atoms in total. The second-order valence-electron chi connectivity index (χ2n) is 7.11. The molecule has 0 bridgehead atoms. The minimum atomic E-state index is 0. The van der Waals surface area contributed by atoms with E-state index < -0.39 is 0 Å². The van der Waals surface area contributed by atoms with Gasteiger partial charge in [-0.1, -0.05) is 43.6 Å². The van der Waals surface area contributed by atoms with Gasteiger partial charge in [-0.05, 0) is 35.8 Å². The smallest absolute Gasteiger partial charge is 0.226 e. The number of rotatable bonds is 2. The standard InChI is InChI=1S/C17H23ClN2O.ClH/c1-17(2)10-20(8-7-15(17)19)16(21)13-9-12(13)11-5-3-4-6-14(11)18;/h3-6,12-13,15H,7-10,19H2,1-2H3;1H. The Kier molecular flexibility index (Phi) is 5.10. The molecule has 2 fully saturated rings. The largest absolute Gasteiger partial charge is 0.342 e. The van der Waals surface area contributed by atoms with Gasteiger partial charge in [-0.15, -0.1) is 12.4 Å². The summed E-state index contributed by atoms with van der Waals surface area (Å²) in [4.78, 5) is 14.7. The normalized spacial score (nSPS) is 29.6. The summed E-state index contributed by atoms with van der Waals surface area (Å²) in [6, 6.07) is 8.04. The maximum Gasteiger partial charge on any atom is 0.226 e. The molecule has 5 heteroatoms. The van der Waals surface area contributed by atoms with Gasteiger partial charge in [-0.25, -0.2) is 0 Å². The van der Waals surface area contributed by atoms with Gasteiger partial charge in [0.05, 0.1) is 0 Å². The third-order valence-electron chi connectivity index (χ3n) is 5.04. The fourth-order valence-electron chi connectivity index (χ4n) is 3.38. The number of benzene rings is 1. The predicted octanol–water partition coefficient (Wildman–Crippen LogP) is 3.45. The van der Waals surface area contributed by atoms with E-state index in [-0.39, 0.29) is 35.7 Å². The zero-order chi connectivity index (χ0) is 15.2. The zero-order valence-electron chi connectivity index (χ0n) is 13.1. The molecule has 22 heavy (non-hydrogen) atoms. The molecule has 1 saturated carbocycles. The van der Waals surface area contributed by atoms with Gasteiger partial charge in [0.1, 0.15) is 0 Å². The highest BCUT2D eigenvalue weighted by Gasteiger charge is 2.48. The summed E-state index contributed by atoms with van der Waals surface area (Å²) in [5, 5.41) is 0.777. The number of hydrogen-bond acceptors (Lipinski definition) is 2. The lowest BCUT2D eigenvalue weighted by molar-refractivity contribution is -0.136. The zero-order valence-corrected chi connectivity index (χ0v) is 14.7. The quantitative estimate of drug-likeness (QED) is 0.894. The van der Waals surface area contributed by atoms with Gasteiger partial charge in [0.2, 0.25) is 5.91 Å². The number of nitrogens with two attached hydrogens (primary N) is 1. The second kappa shape index (κ2) is 6.38. The molecular formula is C17H24Cl2N2O. The first kappa shape index (κ1) is 17.6. The van der Waals surface area contributed by atoms with Crippen LogP contribution in [0.15, 0.2) is 24.3 Å². The van der Waals surface area contributed by atoms with Crippen LogP contribution < -0.4 is 5.73 Å². The van der Waals surface area contributed by atoms with Crippen molar-refractivity contribution in [1.82, 2.24) is 4.90 Å². The fraction of sp³-hybridized carbons (Fsp3) is 0.588. The van der Waals surface area contributed by atoms with E-state index in [0.717, 1.165) is 36.5 Å². The summed E-state index contributed by atoms with van der Waals surface area (Å²) in [6.45, 7) is 5.85. The number of nitrogens with zero attached hydrogens (tertiary/aromatic N) is 1. The number of piperidine rings is 1. The maximum atomic E-state index is 12.7. The molecule has 0 radical (unpaired) electrons. The van der Waals surface area contributed by atoms with Crippen molar-refractivity contribution in [2.45, 2.75) is 38.6 Å². The lowest BCUT2D eigenvalue weighted by Crippen LogP contribution is -2.54. The Morgan fingerprint density at radius 1 is 1.36 bits per heavy atom. The van der Waals surface area contributed by atoms with Crippen molar-refractivity contribution in [3.8, 4) is 0 Å². The Hall–Kier alpha value is -0.770. The third-order valence-corrected chi connectivity index (χ3v) is 5.38. The van der Waals surface area contributed by atoms with Crippen LogP contribution in [0.1, 0.15) is 38.2 Å². The molecule has 1 aromatic rings. The van der Waals surface area contributed by atoms with Crippen LogP contribution in [0, 0.1) is 11.3 Å². The molecule has 122 valence electrons. The highest BCUT2D eigenvalue weighted by molar-refractivity contribution is 6.31. The fourth-order valence-corrected chi connectivity index (χ4v) is 3.66. The van der Waals surface area contributed by atoms with E-state index in [1.807, 2.05) is 29.2 Å². The summed E-state index contributed by atoms with van der Waals surface area (Å²) in [7, 11) is 0. The van der Waals surface area contributed by atoms with Crippen molar-refractivity contribution in [2.24, 2.45) is 17.1 Å². The van der Waals surface area contributed by atoms with Crippen LogP contribution in [-0.4, -0.2) is 29.9 Å². The highest BCUT2D eigenvalue weighted by atomic mass is 35.5. The van der Waals surface area contributed by atoms with E-state index in [2.05, 4.69) is 13.8 Å².